The number of phenols is 1. The smallest absolute Gasteiger partial charge is 0.261 e. The zero-order chi connectivity index (χ0) is 13.0. The molecule has 0 unspecified atom stereocenters. The lowest BCUT2D eigenvalue weighted by atomic mass is 10.2. The second kappa shape index (κ2) is 6.14. The first-order valence-corrected chi connectivity index (χ1v) is 6.67. The number of benzene rings is 1. The second-order valence-corrected chi connectivity index (χ2v) is 4.98. The van der Waals surface area contributed by atoms with E-state index in [9.17, 15) is 5.11 Å². The van der Waals surface area contributed by atoms with Gasteiger partial charge >= 0.3 is 0 Å². The number of nitrogens with zero attached hydrogens (tertiary/aromatic N) is 2. The third-order valence-corrected chi connectivity index (χ3v) is 2.91. The average molecular weight is 360 g/mol. The first-order valence-electron chi connectivity index (χ1n) is 5.60. The van der Waals surface area contributed by atoms with Crippen LogP contribution >= 0.6 is 22.6 Å². The molecule has 0 saturated heterocycles. The molecule has 0 aliphatic rings. The fraction of sp³-hybridized carbons (Fsp3) is 0.333. The summed E-state index contributed by atoms with van der Waals surface area (Å²) >= 11 is 2.16. The van der Waals surface area contributed by atoms with E-state index >= 15 is 0 Å². The maximum atomic E-state index is 9.75. The number of aromatic nitrogens is 2. The number of halogens is 1. The van der Waals surface area contributed by atoms with Crippen molar-refractivity contribution in [2.45, 2.75) is 20.0 Å². The third kappa shape index (κ3) is 3.20. The van der Waals surface area contributed by atoms with Gasteiger partial charge in [-0.2, -0.15) is 4.98 Å². The molecule has 0 atom stereocenters. The number of ether oxygens (including phenoxy) is 1. The van der Waals surface area contributed by atoms with Crippen molar-refractivity contribution in [2.24, 2.45) is 0 Å². The van der Waals surface area contributed by atoms with Crippen LogP contribution in [0.5, 0.6) is 5.75 Å². The Morgan fingerprint density at radius 2 is 2.28 bits per heavy atom. The molecule has 0 bridgehead atoms. The molecule has 18 heavy (non-hydrogen) atoms. The van der Waals surface area contributed by atoms with Crippen molar-refractivity contribution >= 4 is 22.6 Å². The highest BCUT2D eigenvalue weighted by molar-refractivity contribution is 14.1. The third-order valence-electron chi connectivity index (χ3n) is 2.24. The number of phenolic OH excluding ortho intramolecular Hbond substituents is 1. The molecule has 1 heterocycles. The molecule has 2 rings (SSSR count). The Kier molecular flexibility index (Phi) is 4.54. The summed E-state index contributed by atoms with van der Waals surface area (Å²) in [6.07, 6.45) is 0.947. The Hall–Kier alpha value is -1.15. The molecule has 0 aliphatic heterocycles. The lowest BCUT2D eigenvalue weighted by molar-refractivity contribution is 0.114. The van der Waals surface area contributed by atoms with Gasteiger partial charge in [0.2, 0.25) is 0 Å². The molecule has 96 valence electrons. The summed E-state index contributed by atoms with van der Waals surface area (Å²) in [5.74, 6) is 0.915. The van der Waals surface area contributed by atoms with Crippen LogP contribution < -0.4 is 0 Å². The summed E-state index contributed by atoms with van der Waals surface area (Å²) in [6, 6.07) is 5.20. The molecular formula is C12H13IN2O3. The minimum absolute atomic E-state index is 0.125. The highest BCUT2D eigenvalue weighted by Crippen LogP contribution is 2.29. The molecule has 1 aromatic heterocycles. The van der Waals surface area contributed by atoms with Crippen molar-refractivity contribution in [2.75, 3.05) is 6.61 Å². The van der Waals surface area contributed by atoms with Crippen molar-refractivity contribution in [3.8, 4) is 17.2 Å². The maximum absolute atomic E-state index is 9.75. The van der Waals surface area contributed by atoms with E-state index in [0.717, 1.165) is 9.99 Å². The SMILES string of the molecule is CCCOCc1noc(-c2cc(I)ccc2O)n1. The highest BCUT2D eigenvalue weighted by atomic mass is 127. The van der Waals surface area contributed by atoms with Crippen molar-refractivity contribution in [1.82, 2.24) is 10.1 Å². The summed E-state index contributed by atoms with van der Waals surface area (Å²) in [4.78, 5) is 4.19. The van der Waals surface area contributed by atoms with Crippen LogP contribution in [0.3, 0.4) is 0 Å². The number of aromatic hydroxyl groups is 1. The van der Waals surface area contributed by atoms with E-state index < -0.39 is 0 Å². The Morgan fingerprint density at radius 1 is 1.44 bits per heavy atom. The van der Waals surface area contributed by atoms with E-state index in [1.54, 1.807) is 18.2 Å². The Balaban J connectivity index is 2.16. The van der Waals surface area contributed by atoms with E-state index in [1.165, 1.54) is 0 Å². The Bertz CT molecular complexity index is 528. The fourth-order valence-corrected chi connectivity index (χ4v) is 1.90. The molecule has 5 nitrogen and oxygen atoms in total. The zero-order valence-corrected chi connectivity index (χ0v) is 12.0. The van der Waals surface area contributed by atoms with Crippen molar-refractivity contribution in [3.63, 3.8) is 0 Å². The first kappa shape index (κ1) is 13.3. The van der Waals surface area contributed by atoms with Gasteiger partial charge in [-0.1, -0.05) is 12.1 Å². The summed E-state index contributed by atoms with van der Waals surface area (Å²) in [5.41, 5.74) is 0.538. The van der Waals surface area contributed by atoms with Crippen LogP contribution in [0.4, 0.5) is 0 Å². The van der Waals surface area contributed by atoms with Crippen molar-refractivity contribution < 1.29 is 14.4 Å². The van der Waals surface area contributed by atoms with Crippen LogP contribution in [-0.2, 0) is 11.3 Å². The number of hydrogen-bond donors (Lipinski definition) is 1. The standard InChI is InChI=1S/C12H13IN2O3/c1-2-5-17-7-11-14-12(18-15-11)9-6-8(13)3-4-10(9)16/h3-4,6,16H,2,5,7H2,1H3. The Labute approximate surface area is 118 Å². The molecule has 0 spiro atoms. The molecule has 0 fully saturated rings. The van der Waals surface area contributed by atoms with Gasteiger partial charge in [-0.3, -0.25) is 0 Å². The minimum Gasteiger partial charge on any atom is -0.507 e. The first-order chi connectivity index (χ1) is 8.70. The van der Waals surface area contributed by atoms with E-state index in [-0.39, 0.29) is 5.75 Å². The number of rotatable bonds is 5. The van der Waals surface area contributed by atoms with Gasteiger partial charge in [-0.15, -0.1) is 0 Å². The Morgan fingerprint density at radius 3 is 3.06 bits per heavy atom. The van der Waals surface area contributed by atoms with E-state index in [0.29, 0.717) is 30.5 Å². The van der Waals surface area contributed by atoms with Crippen LogP contribution in [0.2, 0.25) is 0 Å². The maximum Gasteiger partial charge on any atom is 0.261 e. The van der Waals surface area contributed by atoms with E-state index in [4.69, 9.17) is 9.26 Å². The van der Waals surface area contributed by atoms with Gasteiger partial charge in [0.1, 0.15) is 12.4 Å². The highest BCUT2D eigenvalue weighted by Gasteiger charge is 2.13. The summed E-state index contributed by atoms with van der Waals surface area (Å²) in [5, 5.41) is 13.6. The van der Waals surface area contributed by atoms with Crippen LogP contribution in [0, 0.1) is 3.57 Å². The average Bonchev–Trinajstić information content (AvgIpc) is 2.81. The second-order valence-electron chi connectivity index (χ2n) is 3.73. The molecule has 1 aromatic carbocycles. The van der Waals surface area contributed by atoms with Gasteiger partial charge in [-0.05, 0) is 47.2 Å². The van der Waals surface area contributed by atoms with Crippen LogP contribution in [0.25, 0.3) is 11.5 Å². The lowest BCUT2D eigenvalue weighted by Gasteiger charge is -1.99. The van der Waals surface area contributed by atoms with Crippen LogP contribution in [0.15, 0.2) is 22.7 Å². The zero-order valence-electron chi connectivity index (χ0n) is 9.89. The predicted molar refractivity (Wildman–Crippen MR) is 74.1 cm³/mol. The number of hydrogen-bond acceptors (Lipinski definition) is 5. The van der Waals surface area contributed by atoms with Crippen molar-refractivity contribution in [3.05, 3.63) is 27.6 Å². The van der Waals surface area contributed by atoms with E-state index in [2.05, 4.69) is 32.7 Å². The lowest BCUT2D eigenvalue weighted by Crippen LogP contribution is -1.95. The van der Waals surface area contributed by atoms with Crippen LogP contribution in [-0.4, -0.2) is 21.9 Å². The van der Waals surface area contributed by atoms with Gasteiger partial charge in [0.25, 0.3) is 5.89 Å². The molecule has 0 saturated carbocycles. The van der Waals surface area contributed by atoms with Crippen molar-refractivity contribution in [1.29, 1.82) is 0 Å². The monoisotopic (exact) mass is 360 g/mol. The molecule has 6 heteroatoms. The van der Waals surface area contributed by atoms with Gasteiger partial charge < -0.3 is 14.4 Å². The quantitative estimate of drug-likeness (QED) is 0.656. The summed E-state index contributed by atoms with van der Waals surface area (Å²) in [7, 11) is 0. The van der Waals surface area contributed by atoms with Gasteiger partial charge in [0, 0.05) is 10.2 Å². The fourth-order valence-electron chi connectivity index (χ4n) is 1.41. The van der Waals surface area contributed by atoms with Gasteiger partial charge in [-0.25, -0.2) is 0 Å². The molecule has 2 aromatic rings. The molecule has 0 radical (unpaired) electrons. The topological polar surface area (TPSA) is 68.4 Å². The molecular weight excluding hydrogens is 347 g/mol. The molecule has 0 aliphatic carbocycles. The largest absolute Gasteiger partial charge is 0.507 e. The van der Waals surface area contributed by atoms with Gasteiger partial charge in [0.15, 0.2) is 5.82 Å². The van der Waals surface area contributed by atoms with E-state index in [1.807, 2.05) is 6.92 Å². The minimum atomic E-state index is 0.125. The summed E-state index contributed by atoms with van der Waals surface area (Å²) in [6.45, 7) is 3.02. The molecule has 1 N–H and O–H groups in total. The molecule has 0 amide bonds. The predicted octanol–water partition coefficient (Wildman–Crippen LogP) is 2.97. The van der Waals surface area contributed by atoms with Crippen LogP contribution in [0.1, 0.15) is 19.2 Å². The summed E-state index contributed by atoms with van der Waals surface area (Å²) < 4.78 is 11.4. The normalized spacial score (nSPS) is 10.8. The van der Waals surface area contributed by atoms with Gasteiger partial charge in [0.05, 0.1) is 5.56 Å².